The van der Waals surface area contributed by atoms with Crippen LogP contribution in [0.2, 0.25) is 0 Å². The quantitative estimate of drug-likeness (QED) is 0.757. The largest absolute Gasteiger partial charge is 0.481 e. The van der Waals surface area contributed by atoms with Gasteiger partial charge in [0.05, 0.1) is 5.92 Å². The van der Waals surface area contributed by atoms with Gasteiger partial charge in [0.25, 0.3) is 5.91 Å². The average Bonchev–Trinajstić information content (AvgIpc) is 2.93. The molecule has 1 aromatic carbocycles. The van der Waals surface area contributed by atoms with Crippen molar-refractivity contribution in [3.63, 3.8) is 0 Å². The van der Waals surface area contributed by atoms with E-state index in [-0.39, 0.29) is 17.7 Å². The van der Waals surface area contributed by atoms with Crippen molar-refractivity contribution in [3.05, 3.63) is 35.4 Å². The van der Waals surface area contributed by atoms with E-state index in [1.54, 1.807) is 12.1 Å². The van der Waals surface area contributed by atoms with Gasteiger partial charge in [-0.1, -0.05) is 18.6 Å². The van der Waals surface area contributed by atoms with Crippen molar-refractivity contribution < 1.29 is 14.7 Å². The zero-order valence-electron chi connectivity index (χ0n) is 11.3. The number of aliphatic carboxylic acids is 1. The minimum Gasteiger partial charge on any atom is -0.481 e. The average molecular weight is 276 g/mol. The fraction of sp³-hybridized carbons (Fsp3) is 0.467. The number of carbonyl (C=O) groups is 2. The number of nitrogens with two attached hydrogens (primary N) is 1. The second-order valence-corrected chi connectivity index (χ2v) is 5.25. The van der Waals surface area contributed by atoms with Gasteiger partial charge < -0.3 is 16.2 Å². The van der Waals surface area contributed by atoms with Crippen LogP contribution in [-0.2, 0) is 11.3 Å². The van der Waals surface area contributed by atoms with E-state index >= 15 is 0 Å². The van der Waals surface area contributed by atoms with Crippen LogP contribution in [0.4, 0.5) is 0 Å². The molecular formula is C15H20N2O3. The number of benzene rings is 1. The summed E-state index contributed by atoms with van der Waals surface area (Å²) in [5.41, 5.74) is 7.06. The van der Waals surface area contributed by atoms with Crippen LogP contribution in [0.15, 0.2) is 24.3 Å². The first-order valence-corrected chi connectivity index (χ1v) is 6.92. The number of carboxylic acids is 1. The summed E-state index contributed by atoms with van der Waals surface area (Å²) in [6, 6.07) is 7.12. The topological polar surface area (TPSA) is 92.4 Å². The van der Waals surface area contributed by atoms with Gasteiger partial charge in [-0.2, -0.15) is 0 Å². The van der Waals surface area contributed by atoms with E-state index in [1.807, 2.05) is 12.1 Å². The molecule has 0 heterocycles. The van der Waals surface area contributed by atoms with Gasteiger partial charge in [-0.3, -0.25) is 9.59 Å². The Bertz CT molecular complexity index is 484. The van der Waals surface area contributed by atoms with Crippen LogP contribution in [0.1, 0.15) is 35.2 Å². The van der Waals surface area contributed by atoms with Gasteiger partial charge in [-0.15, -0.1) is 0 Å². The molecule has 0 bridgehead atoms. The Labute approximate surface area is 118 Å². The van der Waals surface area contributed by atoms with Crippen LogP contribution in [0, 0.1) is 11.8 Å². The van der Waals surface area contributed by atoms with Crippen molar-refractivity contribution >= 4 is 11.9 Å². The van der Waals surface area contributed by atoms with Crippen LogP contribution in [0.5, 0.6) is 0 Å². The predicted molar refractivity (Wildman–Crippen MR) is 75.1 cm³/mol. The molecule has 0 aromatic heterocycles. The molecule has 2 atom stereocenters. The smallest absolute Gasteiger partial charge is 0.306 e. The predicted octanol–water partition coefficient (Wildman–Crippen LogP) is 1.38. The van der Waals surface area contributed by atoms with Gasteiger partial charge in [-0.25, -0.2) is 0 Å². The lowest BCUT2D eigenvalue weighted by Crippen LogP contribution is -2.33. The Hall–Kier alpha value is -1.88. The zero-order valence-corrected chi connectivity index (χ0v) is 11.3. The SMILES string of the molecule is NCc1ccc(C(=O)NCC2CCCC2C(=O)O)cc1. The lowest BCUT2D eigenvalue weighted by Gasteiger charge is -2.16. The van der Waals surface area contributed by atoms with Crippen LogP contribution < -0.4 is 11.1 Å². The summed E-state index contributed by atoms with van der Waals surface area (Å²) in [5.74, 6) is -1.20. The first-order valence-electron chi connectivity index (χ1n) is 6.92. The van der Waals surface area contributed by atoms with Crippen LogP contribution in [0.3, 0.4) is 0 Å². The number of amides is 1. The fourth-order valence-electron chi connectivity index (χ4n) is 2.72. The Morgan fingerprint density at radius 3 is 2.55 bits per heavy atom. The molecule has 1 amide bonds. The molecule has 2 unspecified atom stereocenters. The minimum absolute atomic E-state index is 0.0414. The van der Waals surface area contributed by atoms with Gasteiger partial charge in [-0.05, 0) is 36.5 Å². The van der Waals surface area contributed by atoms with Crippen molar-refractivity contribution in [2.75, 3.05) is 6.54 Å². The highest BCUT2D eigenvalue weighted by atomic mass is 16.4. The van der Waals surface area contributed by atoms with Crippen molar-refractivity contribution in [2.24, 2.45) is 17.6 Å². The van der Waals surface area contributed by atoms with Crippen LogP contribution in [0.25, 0.3) is 0 Å². The molecule has 0 radical (unpaired) electrons. The highest BCUT2D eigenvalue weighted by molar-refractivity contribution is 5.94. The van der Waals surface area contributed by atoms with Crippen molar-refractivity contribution in [3.8, 4) is 0 Å². The molecule has 2 rings (SSSR count). The molecule has 1 aliphatic carbocycles. The van der Waals surface area contributed by atoms with Gasteiger partial charge in [0.1, 0.15) is 0 Å². The van der Waals surface area contributed by atoms with E-state index in [0.717, 1.165) is 18.4 Å². The highest BCUT2D eigenvalue weighted by Crippen LogP contribution is 2.31. The molecule has 0 spiro atoms. The van der Waals surface area contributed by atoms with Gasteiger partial charge >= 0.3 is 5.97 Å². The van der Waals surface area contributed by atoms with Crippen molar-refractivity contribution in [1.82, 2.24) is 5.32 Å². The molecule has 5 heteroatoms. The molecule has 20 heavy (non-hydrogen) atoms. The van der Waals surface area contributed by atoms with E-state index < -0.39 is 5.97 Å². The van der Waals surface area contributed by atoms with Gasteiger partial charge in [0.2, 0.25) is 0 Å². The number of carbonyl (C=O) groups excluding carboxylic acids is 1. The van der Waals surface area contributed by atoms with E-state index in [2.05, 4.69) is 5.32 Å². The Balaban J connectivity index is 1.89. The summed E-state index contributed by atoms with van der Waals surface area (Å²) in [6.07, 6.45) is 2.49. The summed E-state index contributed by atoms with van der Waals surface area (Å²) in [4.78, 5) is 23.1. The Kier molecular flexibility index (Phi) is 4.74. The third-order valence-electron chi connectivity index (χ3n) is 3.95. The Morgan fingerprint density at radius 1 is 1.25 bits per heavy atom. The molecule has 4 N–H and O–H groups in total. The van der Waals surface area contributed by atoms with E-state index in [1.165, 1.54) is 0 Å². The maximum atomic E-state index is 12.0. The molecule has 0 aliphatic heterocycles. The molecule has 108 valence electrons. The normalized spacial score (nSPS) is 21.6. The molecule has 5 nitrogen and oxygen atoms in total. The standard InChI is InChI=1S/C15H20N2O3/c16-8-10-4-6-11(7-5-10)14(18)17-9-12-2-1-3-13(12)15(19)20/h4-7,12-13H,1-3,8-9,16H2,(H,17,18)(H,19,20). The first-order chi connectivity index (χ1) is 9.61. The second kappa shape index (κ2) is 6.52. The maximum absolute atomic E-state index is 12.0. The monoisotopic (exact) mass is 276 g/mol. The fourth-order valence-corrected chi connectivity index (χ4v) is 2.72. The molecule has 0 saturated heterocycles. The number of hydrogen-bond donors (Lipinski definition) is 3. The summed E-state index contributed by atoms with van der Waals surface area (Å²) in [5, 5.41) is 11.9. The van der Waals surface area contributed by atoms with Gasteiger partial charge in [0, 0.05) is 18.7 Å². The number of rotatable bonds is 5. The van der Waals surface area contributed by atoms with Crippen molar-refractivity contribution in [1.29, 1.82) is 0 Å². The lowest BCUT2D eigenvalue weighted by molar-refractivity contribution is -0.142. The van der Waals surface area contributed by atoms with E-state index in [4.69, 9.17) is 10.8 Å². The molecular weight excluding hydrogens is 256 g/mol. The summed E-state index contributed by atoms with van der Waals surface area (Å²) in [7, 11) is 0. The molecule has 1 fully saturated rings. The van der Waals surface area contributed by atoms with Gasteiger partial charge in [0.15, 0.2) is 0 Å². The summed E-state index contributed by atoms with van der Waals surface area (Å²) in [6.45, 7) is 0.874. The first kappa shape index (κ1) is 14.5. The lowest BCUT2D eigenvalue weighted by atomic mass is 9.96. The molecule has 1 aromatic rings. The number of nitrogens with one attached hydrogen (secondary N) is 1. The molecule has 1 aliphatic rings. The van der Waals surface area contributed by atoms with Crippen LogP contribution >= 0.6 is 0 Å². The summed E-state index contributed by atoms with van der Waals surface area (Å²) < 4.78 is 0. The third kappa shape index (κ3) is 3.36. The number of hydrogen-bond acceptors (Lipinski definition) is 3. The zero-order chi connectivity index (χ0) is 14.5. The highest BCUT2D eigenvalue weighted by Gasteiger charge is 2.32. The van der Waals surface area contributed by atoms with Crippen LogP contribution in [-0.4, -0.2) is 23.5 Å². The second-order valence-electron chi connectivity index (χ2n) is 5.25. The van der Waals surface area contributed by atoms with Crippen molar-refractivity contribution in [2.45, 2.75) is 25.8 Å². The van der Waals surface area contributed by atoms with E-state index in [9.17, 15) is 9.59 Å². The Morgan fingerprint density at radius 2 is 1.95 bits per heavy atom. The summed E-state index contributed by atoms with van der Waals surface area (Å²) >= 11 is 0. The van der Waals surface area contributed by atoms with E-state index in [0.29, 0.717) is 25.1 Å². The third-order valence-corrected chi connectivity index (χ3v) is 3.95. The molecule has 1 saturated carbocycles. The number of carboxylic acid groups (broad SMARTS) is 1. The minimum atomic E-state index is -0.756. The maximum Gasteiger partial charge on any atom is 0.306 e.